The van der Waals surface area contributed by atoms with Crippen molar-refractivity contribution >= 4 is 5.78 Å². The van der Waals surface area contributed by atoms with Crippen LogP contribution >= 0.6 is 0 Å². The monoisotopic (exact) mass is 193 g/mol. The summed E-state index contributed by atoms with van der Waals surface area (Å²) in [6.45, 7) is 7.14. The molecule has 0 amide bonds. The number of terminal acetylenes is 1. The van der Waals surface area contributed by atoms with Gasteiger partial charge in [0.25, 0.3) is 0 Å². The number of carbonyl (C=O) groups excluding carboxylic acids is 1. The first-order chi connectivity index (χ1) is 6.57. The van der Waals surface area contributed by atoms with Crippen molar-refractivity contribution in [1.82, 2.24) is 4.90 Å². The van der Waals surface area contributed by atoms with Crippen LogP contribution in [0.1, 0.15) is 33.6 Å². The zero-order valence-electron chi connectivity index (χ0n) is 9.29. The first-order valence-electron chi connectivity index (χ1n) is 5.29. The van der Waals surface area contributed by atoms with Gasteiger partial charge in [-0.15, -0.1) is 12.3 Å². The second-order valence-corrected chi connectivity index (χ2v) is 4.24. The Morgan fingerprint density at radius 3 is 2.86 bits per heavy atom. The van der Waals surface area contributed by atoms with E-state index >= 15 is 0 Å². The van der Waals surface area contributed by atoms with E-state index in [0.29, 0.717) is 24.3 Å². The van der Waals surface area contributed by atoms with Gasteiger partial charge in [0.1, 0.15) is 5.78 Å². The maximum Gasteiger partial charge on any atom is 0.138 e. The Balaban J connectivity index is 2.63. The van der Waals surface area contributed by atoms with Crippen molar-refractivity contribution < 1.29 is 4.79 Å². The van der Waals surface area contributed by atoms with Crippen LogP contribution in [0.4, 0.5) is 0 Å². The second-order valence-electron chi connectivity index (χ2n) is 4.24. The molecule has 0 aromatic rings. The lowest BCUT2D eigenvalue weighted by Gasteiger charge is -2.40. The van der Waals surface area contributed by atoms with Gasteiger partial charge in [0.15, 0.2) is 0 Å². The zero-order valence-corrected chi connectivity index (χ0v) is 9.29. The lowest BCUT2D eigenvalue weighted by atomic mass is 9.89. The fourth-order valence-electron chi connectivity index (χ4n) is 2.14. The molecule has 3 unspecified atom stereocenters. The number of hydrogen-bond donors (Lipinski definition) is 0. The van der Waals surface area contributed by atoms with Crippen molar-refractivity contribution in [3.05, 3.63) is 0 Å². The molecule has 1 fully saturated rings. The summed E-state index contributed by atoms with van der Waals surface area (Å²) in [7, 11) is 0. The number of nitrogens with zero attached hydrogens (tertiary/aromatic N) is 1. The maximum atomic E-state index is 11.5. The molecule has 2 heteroatoms. The summed E-state index contributed by atoms with van der Waals surface area (Å²) in [4.78, 5) is 13.8. The molecule has 3 atom stereocenters. The summed E-state index contributed by atoms with van der Waals surface area (Å²) in [5, 5.41) is 0. The molecule has 0 aliphatic carbocycles. The SMILES string of the molecule is C#CCC(C)N1CCC(=O)C(C)C1C. The van der Waals surface area contributed by atoms with E-state index in [9.17, 15) is 4.79 Å². The molecular weight excluding hydrogens is 174 g/mol. The standard InChI is InChI=1S/C12H19NO/c1-5-6-9(2)13-8-7-12(14)10(3)11(13)4/h1,9-11H,6-8H2,2-4H3. The third-order valence-corrected chi connectivity index (χ3v) is 3.35. The Bertz CT molecular complexity index is 254. The number of likely N-dealkylation sites (tertiary alicyclic amines) is 1. The summed E-state index contributed by atoms with van der Waals surface area (Å²) in [5.74, 6) is 3.23. The Morgan fingerprint density at radius 2 is 2.29 bits per heavy atom. The first-order valence-corrected chi connectivity index (χ1v) is 5.29. The van der Waals surface area contributed by atoms with Crippen LogP contribution in [0.2, 0.25) is 0 Å². The molecular formula is C12H19NO. The molecule has 2 nitrogen and oxygen atoms in total. The number of rotatable bonds is 2. The molecule has 78 valence electrons. The van der Waals surface area contributed by atoms with E-state index in [1.165, 1.54) is 0 Å². The number of hydrogen-bond acceptors (Lipinski definition) is 2. The van der Waals surface area contributed by atoms with Gasteiger partial charge in [0.2, 0.25) is 0 Å². The molecule has 0 N–H and O–H groups in total. The fraction of sp³-hybridized carbons (Fsp3) is 0.750. The van der Waals surface area contributed by atoms with E-state index in [4.69, 9.17) is 6.42 Å². The van der Waals surface area contributed by atoms with E-state index in [1.807, 2.05) is 6.92 Å². The Hall–Kier alpha value is -0.810. The highest BCUT2D eigenvalue weighted by Gasteiger charge is 2.32. The lowest BCUT2D eigenvalue weighted by Crippen LogP contribution is -2.50. The van der Waals surface area contributed by atoms with Gasteiger partial charge in [-0.05, 0) is 13.8 Å². The Kier molecular flexibility index (Phi) is 3.71. The maximum absolute atomic E-state index is 11.5. The molecule has 1 heterocycles. The van der Waals surface area contributed by atoms with Crippen LogP contribution in [-0.2, 0) is 4.79 Å². The predicted octanol–water partition coefficient (Wildman–Crippen LogP) is 1.70. The van der Waals surface area contributed by atoms with Crippen LogP contribution in [0, 0.1) is 18.3 Å². The summed E-state index contributed by atoms with van der Waals surface area (Å²) in [6.07, 6.45) is 6.75. The van der Waals surface area contributed by atoms with E-state index in [0.717, 1.165) is 13.0 Å². The number of piperidine rings is 1. The van der Waals surface area contributed by atoms with Gasteiger partial charge in [-0.3, -0.25) is 9.69 Å². The minimum absolute atomic E-state index is 0.156. The third-order valence-electron chi connectivity index (χ3n) is 3.35. The van der Waals surface area contributed by atoms with Crippen LogP contribution in [0.3, 0.4) is 0 Å². The van der Waals surface area contributed by atoms with Crippen LogP contribution in [0.25, 0.3) is 0 Å². The number of carbonyl (C=O) groups is 1. The van der Waals surface area contributed by atoms with E-state index in [1.54, 1.807) is 0 Å². The van der Waals surface area contributed by atoms with Gasteiger partial charge in [0.05, 0.1) is 0 Å². The van der Waals surface area contributed by atoms with Gasteiger partial charge in [-0.25, -0.2) is 0 Å². The molecule has 0 aromatic carbocycles. The smallest absolute Gasteiger partial charge is 0.138 e. The summed E-state index contributed by atoms with van der Waals surface area (Å²) >= 11 is 0. The van der Waals surface area contributed by atoms with Crippen molar-refractivity contribution in [2.24, 2.45) is 5.92 Å². The van der Waals surface area contributed by atoms with Crippen LogP contribution in [-0.4, -0.2) is 29.3 Å². The van der Waals surface area contributed by atoms with Crippen LogP contribution in [0.15, 0.2) is 0 Å². The summed E-state index contributed by atoms with van der Waals surface area (Å²) in [6, 6.07) is 0.727. The Morgan fingerprint density at radius 1 is 1.64 bits per heavy atom. The number of ketones is 1. The fourth-order valence-corrected chi connectivity index (χ4v) is 2.14. The molecule has 1 aliphatic heterocycles. The van der Waals surface area contributed by atoms with Crippen molar-refractivity contribution in [2.45, 2.75) is 45.7 Å². The van der Waals surface area contributed by atoms with Gasteiger partial charge < -0.3 is 0 Å². The van der Waals surface area contributed by atoms with Gasteiger partial charge in [-0.1, -0.05) is 6.92 Å². The van der Waals surface area contributed by atoms with Gasteiger partial charge in [0, 0.05) is 37.4 Å². The molecule has 0 spiro atoms. The van der Waals surface area contributed by atoms with Crippen molar-refractivity contribution in [3.8, 4) is 12.3 Å². The molecule has 0 bridgehead atoms. The molecule has 14 heavy (non-hydrogen) atoms. The molecule has 0 aromatic heterocycles. The normalized spacial score (nSPS) is 31.1. The molecule has 1 saturated heterocycles. The third kappa shape index (κ3) is 2.16. The van der Waals surface area contributed by atoms with Gasteiger partial charge in [-0.2, -0.15) is 0 Å². The average Bonchev–Trinajstić information content (AvgIpc) is 2.15. The topological polar surface area (TPSA) is 20.3 Å². The highest BCUT2D eigenvalue weighted by Crippen LogP contribution is 2.22. The molecule has 0 saturated carbocycles. The first kappa shape index (κ1) is 11.3. The summed E-state index contributed by atoms with van der Waals surface area (Å²) < 4.78 is 0. The largest absolute Gasteiger partial charge is 0.299 e. The quantitative estimate of drug-likeness (QED) is 0.622. The number of Topliss-reactive ketones (excluding diaryl/α,β-unsaturated/α-hetero) is 1. The highest BCUT2D eigenvalue weighted by molar-refractivity contribution is 5.82. The lowest BCUT2D eigenvalue weighted by molar-refractivity contribution is -0.128. The average molecular weight is 193 g/mol. The van der Waals surface area contributed by atoms with Crippen LogP contribution in [0.5, 0.6) is 0 Å². The highest BCUT2D eigenvalue weighted by atomic mass is 16.1. The van der Waals surface area contributed by atoms with E-state index in [2.05, 4.69) is 24.7 Å². The minimum Gasteiger partial charge on any atom is -0.299 e. The van der Waals surface area contributed by atoms with Crippen molar-refractivity contribution in [3.63, 3.8) is 0 Å². The Labute approximate surface area is 86.7 Å². The van der Waals surface area contributed by atoms with E-state index in [-0.39, 0.29) is 5.92 Å². The zero-order chi connectivity index (χ0) is 10.7. The van der Waals surface area contributed by atoms with Crippen LogP contribution < -0.4 is 0 Å². The minimum atomic E-state index is 0.156. The molecule has 0 radical (unpaired) electrons. The van der Waals surface area contributed by atoms with Gasteiger partial charge >= 0.3 is 0 Å². The van der Waals surface area contributed by atoms with Crippen molar-refractivity contribution in [2.75, 3.05) is 6.54 Å². The summed E-state index contributed by atoms with van der Waals surface area (Å²) in [5.41, 5.74) is 0. The molecule has 1 rings (SSSR count). The second kappa shape index (κ2) is 4.61. The predicted molar refractivity (Wildman–Crippen MR) is 57.9 cm³/mol. The van der Waals surface area contributed by atoms with E-state index < -0.39 is 0 Å². The molecule has 1 aliphatic rings. The van der Waals surface area contributed by atoms with Crippen molar-refractivity contribution in [1.29, 1.82) is 0 Å².